The number of ether oxygens (including phenoxy) is 3. The molecule has 0 bridgehead atoms. The van der Waals surface area contributed by atoms with Gasteiger partial charge >= 0.3 is 6.18 Å². The SMILES string of the molecule is Cc1ncsc1-c1ccc([C@H](O)NC(=O)[C@@H]2C[C@@H](O)CN2C(=O)C(NC(=O)COCCCCOc2ccc(C(=O)NC3C(C)(C)C(Oc4ccc(C#N)c(C(F)(F)F)c4)C3(C)C)cc2)C(C)(C)C)cc1. The van der Waals surface area contributed by atoms with E-state index in [0.717, 1.165) is 28.3 Å². The molecule has 15 nitrogen and oxygen atoms in total. The summed E-state index contributed by atoms with van der Waals surface area (Å²) in [6, 6.07) is 15.9. The first kappa shape index (κ1) is 53.3. The molecule has 0 spiro atoms. The van der Waals surface area contributed by atoms with E-state index in [9.17, 15) is 42.6 Å². The Balaban J connectivity index is 0.912. The fourth-order valence-electron chi connectivity index (χ4n) is 9.48. The maximum absolute atomic E-state index is 14.0. The van der Waals surface area contributed by atoms with Gasteiger partial charge in [0.15, 0.2) is 6.23 Å². The van der Waals surface area contributed by atoms with E-state index >= 15 is 0 Å². The fourth-order valence-corrected chi connectivity index (χ4v) is 10.3. The number of halogens is 3. The molecule has 3 aromatic carbocycles. The van der Waals surface area contributed by atoms with Gasteiger partial charge in [0, 0.05) is 47.6 Å². The maximum atomic E-state index is 14.0. The lowest BCUT2D eigenvalue weighted by molar-refractivity contribution is -0.164. The third-order valence-corrected chi connectivity index (χ3v) is 13.9. The second-order valence-corrected chi connectivity index (χ2v) is 20.9. The van der Waals surface area contributed by atoms with E-state index in [-0.39, 0.29) is 43.9 Å². The van der Waals surface area contributed by atoms with Gasteiger partial charge in [0.05, 0.1) is 46.0 Å². The van der Waals surface area contributed by atoms with Crippen molar-refractivity contribution < 1.29 is 56.8 Å². The molecule has 1 saturated heterocycles. The molecule has 2 aliphatic rings. The Bertz CT molecular complexity index is 2540. The number of carbonyl (C=O) groups excluding carboxylic acids is 4. The number of nitrogens with one attached hydrogen (secondary N) is 3. The van der Waals surface area contributed by atoms with Crippen molar-refractivity contribution >= 4 is 35.0 Å². The zero-order valence-corrected chi connectivity index (χ0v) is 41.3. The van der Waals surface area contributed by atoms with Crippen LogP contribution in [0.4, 0.5) is 13.2 Å². The normalized spacial score (nSPS) is 20.3. The molecule has 0 radical (unpaired) electrons. The summed E-state index contributed by atoms with van der Waals surface area (Å²) < 4.78 is 58.3. The minimum Gasteiger partial charge on any atom is -0.494 e. The Morgan fingerprint density at radius 1 is 0.943 bits per heavy atom. The summed E-state index contributed by atoms with van der Waals surface area (Å²) in [7, 11) is 0. The van der Waals surface area contributed by atoms with Gasteiger partial charge in [-0.3, -0.25) is 19.2 Å². The lowest BCUT2D eigenvalue weighted by Gasteiger charge is -2.63. The summed E-state index contributed by atoms with van der Waals surface area (Å²) in [5.41, 5.74) is 0.696. The Hall–Kier alpha value is -6.07. The molecular formula is C51H61F3N6O9S. The molecule has 1 aliphatic carbocycles. The molecule has 70 heavy (non-hydrogen) atoms. The number of aliphatic hydroxyl groups excluding tert-OH is 2. The number of aryl methyl sites for hydroxylation is 1. The van der Waals surface area contributed by atoms with Gasteiger partial charge in [0.1, 0.15) is 36.3 Å². The number of carbonyl (C=O) groups is 4. The summed E-state index contributed by atoms with van der Waals surface area (Å²) in [6.07, 6.45) is -6.56. The molecule has 2 heterocycles. The smallest absolute Gasteiger partial charge is 0.417 e. The second-order valence-electron chi connectivity index (χ2n) is 20.1. The largest absolute Gasteiger partial charge is 0.494 e. The zero-order chi connectivity index (χ0) is 51.3. The van der Waals surface area contributed by atoms with Crippen molar-refractivity contribution in [3.8, 4) is 28.0 Å². The molecule has 4 aromatic rings. The van der Waals surface area contributed by atoms with Crippen molar-refractivity contribution in [2.24, 2.45) is 16.2 Å². The number of unbranched alkanes of at least 4 members (excludes halogenated alkanes) is 1. The highest BCUT2D eigenvalue weighted by Gasteiger charge is 2.64. The van der Waals surface area contributed by atoms with Crippen molar-refractivity contribution in [1.29, 1.82) is 5.26 Å². The number of rotatable bonds is 18. The van der Waals surface area contributed by atoms with Crippen LogP contribution < -0.4 is 25.4 Å². The van der Waals surface area contributed by atoms with Crippen LogP contribution in [0.2, 0.25) is 0 Å². The molecule has 5 N–H and O–H groups in total. The van der Waals surface area contributed by atoms with Gasteiger partial charge in [-0.05, 0) is 73.2 Å². The number of aliphatic hydroxyl groups is 2. The Labute approximate surface area is 409 Å². The van der Waals surface area contributed by atoms with Crippen molar-refractivity contribution in [2.75, 3.05) is 26.4 Å². The van der Waals surface area contributed by atoms with E-state index in [4.69, 9.17) is 19.5 Å². The van der Waals surface area contributed by atoms with E-state index in [1.54, 1.807) is 68.7 Å². The standard InChI is InChI=1S/C51H61F3N6O9S/c1-29-40(70-28-56-29)30-11-13-31(14-12-30)42(63)58-44(65)38-23-34(61)26-60(38)45(66)41(48(2,3)4)57-39(62)27-67-21-9-10-22-68-35-18-15-32(16-19-35)43(64)59-46-49(5,6)47(50(46,7)8)69-36-20-17-33(25-55)37(24-36)51(52,53)54/h11-20,24,28,34,38,41-42,46-47,61,63H,9-10,21-23,26-27H2,1-8H3,(H,57,62)(H,58,65)(H,59,64)/t34-,38+,41?,42+,46?,47?/m1/s1. The molecule has 19 heteroatoms. The number of likely N-dealkylation sites (tertiary alicyclic amines) is 1. The number of amides is 4. The predicted octanol–water partition coefficient (Wildman–Crippen LogP) is 7.10. The molecule has 1 saturated carbocycles. The summed E-state index contributed by atoms with van der Waals surface area (Å²) in [4.78, 5) is 60.4. The number of β-amino-alcohol motifs (C(OH)–C–C–N with tert-alkyl or cyclic N) is 1. The van der Waals surface area contributed by atoms with Crippen LogP contribution in [0.3, 0.4) is 0 Å². The third kappa shape index (κ3) is 12.3. The molecule has 1 aromatic heterocycles. The number of alkyl halides is 3. The van der Waals surface area contributed by atoms with E-state index < -0.39 is 81.8 Å². The quantitative estimate of drug-likeness (QED) is 0.0501. The van der Waals surface area contributed by atoms with Crippen LogP contribution in [0.15, 0.2) is 72.2 Å². The lowest BCUT2D eigenvalue weighted by atomic mass is 9.49. The number of hydrogen-bond donors (Lipinski definition) is 5. The Morgan fingerprint density at radius 2 is 1.59 bits per heavy atom. The van der Waals surface area contributed by atoms with Crippen molar-refractivity contribution in [2.45, 2.75) is 117 Å². The second kappa shape index (κ2) is 21.5. The van der Waals surface area contributed by atoms with Crippen molar-refractivity contribution in [3.05, 3.63) is 100 Å². The Morgan fingerprint density at radius 3 is 2.19 bits per heavy atom. The van der Waals surface area contributed by atoms with Crippen LogP contribution in [0.1, 0.15) is 107 Å². The van der Waals surface area contributed by atoms with E-state index in [2.05, 4.69) is 20.9 Å². The fraction of sp³-hybridized carbons (Fsp3) is 0.490. The van der Waals surface area contributed by atoms with Crippen LogP contribution in [-0.2, 0) is 25.3 Å². The highest BCUT2D eigenvalue weighted by Crippen LogP contribution is 2.56. The minimum atomic E-state index is -4.72. The average molecular weight is 991 g/mol. The first-order valence-corrected chi connectivity index (χ1v) is 23.9. The van der Waals surface area contributed by atoms with E-state index in [0.29, 0.717) is 36.3 Å². The van der Waals surface area contributed by atoms with Gasteiger partial charge in [-0.1, -0.05) is 72.7 Å². The maximum Gasteiger partial charge on any atom is 0.417 e. The predicted molar refractivity (Wildman–Crippen MR) is 254 cm³/mol. The van der Waals surface area contributed by atoms with Crippen LogP contribution in [-0.4, -0.2) is 100 Å². The zero-order valence-electron chi connectivity index (χ0n) is 40.5. The van der Waals surface area contributed by atoms with Gasteiger partial charge < -0.3 is 45.3 Å². The first-order valence-electron chi connectivity index (χ1n) is 23.0. The van der Waals surface area contributed by atoms with E-state index in [1.165, 1.54) is 22.3 Å². The highest BCUT2D eigenvalue weighted by atomic mass is 32.1. The molecule has 4 amide bonds. The molecule has 2 fully saturated rings. The summed E-state index contributed by atoms with van der Waals surface area (Å²) in [6.45, 7) is 14.8. The summed E-state index contributed by atoms with van der Waals surface area (Å²) >= 11 is 1.50. The number of aromatic nitrogens is 1. The van der Waals surface area contributed by atoms with E-state index in [1.807, 2.05) is 46.8 Å². The number of thiazole rings is 1. The Kier molecular flexibility index (Phi) is 16.4. The van der Waals surface area contributed by atoms with Crippen LogP contribution in [0, 0.1) is 34.5 Å². The van der Waals surface area contributed by atoms with Crippen molar-refractivity contribution in [3.63, 3.8) is 0 Å². The van der Waals surface area contributed by atoms with Gasteiger partial charge in [0.25, 0.3) is 5.91 Å². The minimum absolute atomic E-state index is 0.0194. The molecule has 4 atom stereocenters. The molecular weight excluding hydrogens is 930 g/mol. The van der Waals surface area contributed by atoms with Gasteiger partial charge in [-0.15, -0.1) is 11.3 Å². The van der Waals surface area contributed by atoms with Crippen LogP contribution >= 0.6 is 11.3 Å². The molecule has 1 aliphatic heterocycles. The lowest BCUT2D eigenvalue weighted by Crippen LogP contribution is -2.74. The number of hydrogen-bond acceptors (Lipinski definition) is 12. The van der Waals surface area contributed by atoms with Gasteiger partial charge in [0.2, 0.25) is 17.7 Å². The summed E-state index contributed by atoms with van der Waals surface area (Å²) in [5, 5.41) is 39.0. The van der Waals surface area contributed by atoms with Gasteiger partial charge in [-0.2, -0.15) is 18.4 Å². The topological polar surface area (TPSA) is 212 Å². The molecule has 376 valence electrons. The highest BCUT2D eigenvalue weighted by molar-refractivity contribution is 7.13. The molecule has 6 rings (SSSR count). The van der Waals surface area contributed by atoms with Crippen LogP contribution in [0.5, 0.6) is 11.5 Å². The average Bonchev–Trinajstić information content (AvgIpc) is 3.92. The number of benzene rings is 3. The first-order chi connectivity index (χ1) is 32.8. The van der Waals surface area contributed by atoms with Crippen LogP contribution in [0.25, 0.3) is 10.4 Å². The van der Waals surface area contributed by atoms with Gasteiger partial charge in [-0.25, -0.2) is 4.98 Å². The number of nitriles is 1. The molecule has 1 unspecified atom stereocenters. The number of nitrogens with zero attached hydrogens (tertiary/aromatic N) is 3. The summed E-state index contributed by atoms with van der Waals surface area (Å²) in [5.74, 6) is -1.56. The third-order valence-electron chi connectivity index (χ3n) is 12.9. The van der Waals surface area contributed by atoms with Crippen molar-refractivity contribution in [1.82, 2.24) is 25.8 Å². The monoisotopic (exact) mass is 990 g/mol.